The zero-order valence-electron chi connectivity index (χ0n) is 16.8. The molecule has 2 aromatic heterocycles. The normalized spacial score (nSPS) is 12.1. The number of aromatic nitrogens is 2. The number of thiophene rings is 1. The van der Waals surface area contributed by atoms with Gasteiger partial charge in [0, 0.05) is 7.05 Å². The largest absolute Gasteiger partial charge is 0.384 e. The summed E-state index contributed by atoms with van der Waals surface area (Å²) in [7, 11) is 3.27. The minimum absolute atomic E-state index is 0.0768. The number of nitrogen functional groups attached to an aromatic ring is 1. The Hall–Kier alpha value is -2.97. The van der Waals surface area contributed by atoms with Crippen molar-refractivity contribution in [3.63, 3.8) is 0 Å². The third-order valence-corrected chi connectivity index (χ3v) is 5.96. The van der Waals surface area contributed by atoms with Crippen LogP contribution in [0.4, 0.5) is 5.82 Å². The van der Waals surface area contributed by atoms with Crippen molar-refractivity contribution in [2.75, 3.05) is 19.3 Å². The zero-order chi connectivity index (χ0) is 21.1. The molecule has 0 saturated carbocycles. The standard InChI is InChI=1S/C21H24N4O3S/c1-14-9-10-29-17(14)13-23(2)12-16(26)18-19(22)25(21(28)24(3)20(18)27)11-15-7-5-4-6-8-15/h4-10H,11-13,22H2,1-3H3/p+1. The molecule has 0 fully saturated rings. The average Bonchev–Trinajstić information content (AvgIpc) is 3.09. The van der Waals surface area contributed by atoms with Crippen LogP contribution in [0.25, 0.3) is 0 Å². The predicted octanol–water partition coefficient (Wildman–Crippen LogP) is 0.445. The van der Waals surface area contributed by atoms with Gasteiger partial charge in [-0.25, -0.2) is 4.79 Å². The molecule has 7 nitrogen and oxygen atoms in total. The van der Waals surface area contributed by atoms with Gasteiger partial charge in [-0.1, -0.05) is 30.3 Å². The van der Waals surface area contributed by atoms with Crippen molar-refractivity contribution >= 4 is 22.9 Å². The van der Waals surface area contributed by atoms with Crippen LogP contribution in [0, 0.1) is 6.92 Å². The number of nitrogens with two attached hydrogens (primary N) is 1. The van der Waals surface area contributed by atoms with E-state index >= 15 is 0 Å². The van der Waals surface area contributed by atoms with Crippen LogP contribution in [0.1, 0.15) is 26.4 Å². The van der Waals surface area contributed by atoms with Gasteiger partial charge < -0.3 is 10.6 Å². The Labute approximate surface area is 172 Å². The molecule has 0 radical (unpaired) electrons. The molecule has 3 rings (SSSR count). The van der Waals surface area contributed by atoms with Crippen LogP contribution in [-0.4, -0.2) is 28.5 Å². The summed E-state index contributed by atoms with van der Waals surface area (Å²) in [5.41, 5.74) is 6.89. The van der Waals surface area contributed by atoms with Gasteiger partial charge in [0.2, 0.25) is 5.78 Å². The number of hydrogen-bond donors (Lipinski definition) is 2. The summed E-state index contributed by atoms with van der Waals surface area (Å²) in [5.74, 6) is -0.441. The van der Waals surface area contributed by atoms with Crippen LogP contribution < -0.4 is 21.9 Å². The van der Waals surface area contributed by atoms with Crippen molar-refractivity contribution in [3.8, 4) is 0 Å². The Bertz CT molecular complexity index is 1140. The lowest BCUT2D eigenvalue weighted by Gasteiger charge is -2.16. The maximum Gasteiger partial charge on any atom is 0.332 e. The number of aryl methyl sites for hydroxylation is 1. The maximum absolute atomic E-state index is 13.0. The molecule has 0 amide bonds. The molecule has 152 valence electrons. The number of carbonyl (C=O) groups excluding carboxylic acids is 1. The topological polar surface area (TPSA) is 91.5 Å². The van der Waals surface area contributed by atoms with Gasteiger partial charge in [-0.15, -0.1) is 11.3 Å². The number of rotatable bonds is 7. The van der Waals surface area contributed by atoms with Gasteiger partial charge in [-0.05, 0) is 29.5 Å². The SMILES string of the molecule is Cc1ccsc1C[NH+](C)CC(=O)c1c(N)n(Cc2ccccc2)c(=O)n(C)c1=O. The molecule has 0 aliphatic heterocycles. The summed E-state index contributed by atoms with van der Waals surface area (Å²) in [4.78, 5) is 40.3. The van der Waals surface area contributed by atoms with Crippen molar-refractivity contribution in [1.29, 1.82) is 0 Å². The minimum atomic E-state index is -0.651. The zero-order valence-corrected chi connectivity index (χ0v) is 17.6. The van der Waals surface area contributed by atoms with Gasteiger partial charge in [-0.3, -0.25) is 18.7 Å². The van der Waals surface area contributed by atoms with E-state index in [1.165, 1.54) is 22.1 Å². The van der Waals surface area contributed by atoms with E-state index < -0.39 is 11.2 Å². The van der Waals surface area contributed by atoms with Crippen LogP contribution >= 0.6 is 11.3 Å². The number of Topliss-reactive ketones (excluding diaryl/α,β-unsaturated/α-hetero) is 1. The van der Waals surface area contributed by atoms with E-state index in [0.717, 1.165) is 15.0 Å². The molecule has 29 heavy (non-hydrogen) atoms. The molecule has 8 heteroatoms. The first-order chi connectivity index (χ1) is 13.8. The number of benzene rings is 1. The van der Waals surface area contributed by atoms with E-state index in [4.69, 9.17) is 5.73 Å². The highest BCUT2D eigenvalue weighted by Crippen LogP contribution is 2.14. The van der Waals surface area contributed by atoms with Gasteiger partial charge in [-0.2, -0.15) is 0 Å². The fraction of sp³-hybridized carbons (Fsp3) is 0.286. The van der Waals surface area contributed by atoms with Crippen LogP contribution in [0.5, 0.6) is 0 Å². The first-order valence-corrected chi connectivity index (χ1v) is 10.2. The smallest absolute Gasteiger partial charge is 0.332 e. The molecule has 1 atom stereocenters. The van der Waals surface area contributed by atoms with E-state index in [0.29, 0.717) is 6.54 Å². The van der Waals surface area contributed by atoms with Gasteiger partial charge in [0.05, 0.1) is 18.5 Å². The molecular weight excluding hydrogens is 388 g/mol. The van der Waals surface area contributed by atoms with Crippen molar-refractivity contribution in [2.45, 2.75) is 20.0 Å². The summed E-state index contributed by atoms with van der Waals surface area (Å²) in [6.07, 6.45) is 0. The lowest BCUT2D eigenvalue weighted by Crippen LogP contribution is -3.08. The number of quaternary nitrogens is 1. The van der Waals surface area contributed by atoms with Crippen LogP contribution in [0.3, 0.4) is 0 Å². The lowest BCUT2D eigenvalue weighted by molar-refractivity contribution is -0.884. The maximum atomic E-state index is 13.0. The Morgan fingerprint density at radius 1 is 1.17 bits per heavy atom. The molecule has 2 heterocycles. The molecular formula is C21H25N4O3S+. The van der Waals surface area contributed by atoms with Crippen molar-refractivity contribution in [2.24, 2.45) is 7.05 Å². The Morgan fingerprint density at radius 2 is 1.86 bits per heavy atom. The fourth-order valence-electron chi connectivity index (χ4n) is 3.25. The number of carbonyl (C=O) groups is 1. The fourth-order valence-corrected chi connectivity index (χ4v) is 4.27. The molecule has 1 aromatic carbocycles. The number of likely N-dealkylation sites (N-methyl/N-ethyl adjacent to an activating group) is 1. The quantitative estimate of drug-likeness (QED) is 0.550. The Balaban J connectivity index is 1.91. The van der Waals surface area contributed by atoms with E-state index in [1.807, 2.05) is 55.7 Å². The van der Waals surface area contributed by atoms with Gasteiger partial charge >= 0.3 is 5.69 Å². The van der Waals surface area contributed by atoms with Gasteiger partial charge in [0.1, 0.15) is 24.5 Å². The molecule has 0 spiro atoms. The molecule has 0 bridgehead atoms. The number of ketones is 1. The molecule has 0 aliphatic carbocycles. The molecule has 0 saturated heterocycles. The number of anilines is 1. The predicted molar refractivity (Wildman–Crippen MR) is 115 cm³/mol. The summed E-state index contributed by atoms with van der Waals surface area (Å²) in [6, 6.07) is 11.4. The third kappa shape index (κ3) is 4.38. The monoisotopic (exact) mass is 413 g/mol. The second kappa shape index (κ2) is 8.59. The lowest BCUT2D eigenvalue weighted by atomic mass is 10.1. The summed E-state index contributed by atoms with van der Waals surface area (Å²) < 4.78 is 2.23. The molecule has 3 N–H and O–H groups in total. The number of nitrogens with one attached hydrogen (secondary N) is 1. The highest BCUT2D eigenvalue weighted by molar-refractivity contribution is 7.10. The number of nitrogens with zero attached hydrogens (tertiary/aromatic N) is 2. The first-order valence-electron chi connectivity index (χ1n) is 9.30. The second-order valence-corrected chi connectivity index (χ2v) is 8.24. The number of hydrogen-bond acceptors (Lipinski definition) is 5. The van der Waals surface area contributed by atoms with Gasteiger partial charge in [0.25, 0.3) is 5.56 Å². The highest BCUT2D eigenvalue weighted by Gasteiger charge is 2.24. The summed E-state index contributed by atoms with van der Waals surface area (Å²) in [5, 5.41) is 2.02. The van der Waals surface area contributed by atoms with Crippen LogP contribution in [-0.2, 0) is 20.1 Å². The van der Waals surface area contributed by atoms with Crippen molar-refractivity contribution in [1.82, 2.24) is 9.13 Å². The van der Waals surface area contributed by atoms with E-state index in [-0.39, 0.29) is 30.3 Å². The van der Waals surface area contributed by atoms with E-state index in [9.17, 15) is 14.4 Å². The average molecular weight is 414 g/mol. The molecule has 0 aliphatic rings. The molecule has 1 unspecified atom stereocenters. The van der Waals surface area contributed by atoms with Gasteiger partial charge in [0.15, 0.2) is 0 Å². The first kappa shape index (κ1) is 20.8. The molecule has 3 aromatic rings. The second-order valence-electron chi connectivity index (χ2n) is 7.24. The third-order valence-electron chi connectivity index (χ3n) is 4.94. The summed E-state index contributed by atoms with van der Waals surface area (Å²) >= 11 is 1.65. The van der Waals surface area contributed by atoms with E-state index in [1.54, 1.807) is 11.3 Å². The summed E-state index contributed by atoms with van der Waals surface area (Å²) in [6.45, 7) is 3.02. The Morgan fingerprint density at radius 3 is 2.48 bits per heavy atom. The van der Waals surface area contributed by atoms with Crippen molar-refractivity contribution in [3.05, 3.63) is 84.2 Å². The van der Waals surface area contributed by atoms with Crippen LogP contribution in [0.15, 0.2) is 51.4 Å². The van der Waals surface area contributed by atoms with Crippen molar-refractivity contribution < 1.29 is 9.69 Å². The minimum Gasteiger partial charge on any atom is -0.384 e. The highest BCUT2D eigenvalue weighted by atomic mass is 32.1. The van der Waals surface area contributed by atoms with E-state index in [2.05, 4.69) is 0 Å². The van der Waals surface area contributed by atoms with Crippen LogP contribution in [0.2, 0.25) is 0 Å². The Kier molecular flexibility index (Phi) is 6.14.